The van der Waals surface area contributed by atoms with E-state index in [1.165, 1.54) is 70.1 Å². The Morgan fingerprint density at radius 2 is 0.640 bits per heavy atom. The van der Waals surface area contributed by atoms with E-state index in [-0.39, 0.29) is 42.9 Å². The van der Waals surface area contributed by atoms with E-state index in [0.717, 1.165) is 104 Å². The maximum Gasteiger partial charge on any atom is 0.219 e. The maximum absolute atomic E-state index is 11.6. The molecule has 0 aromatic heterocycles. The van der Waals surface area contributed by atoms with Gasteiger partial charge < -0.3 is 9.80 Å². The molecule has 0 aromatic rings. The molecular weight excluding hydrogens is 1220 g/mol. The third-order valence-corrected chi connectivity index (χ3v) is 29.3. The van der Waals surface area contributed by atoms with Crippen LogP contribution in [0.4, 0.5) is 0 Å². The lowest BCUT2D eigenvalue weighted by atomic mass is 10.1. The molecule has 0 saturated carbocycles. The van der Waals surface area contributed by atoms with Gasteiger partial charge in [0.1, 0.15) is 0 Å². The van der Waals surface area contributed by atoms with E-state index in [2.05, 4.69) is 37.5 Å². The van der Waals surface area contributed by atoms with Gasteiger partial charge in [-0.05, 0) is 190 Å². The minimum absolute atomic E-state index is 0.207. The zero-order valence-electron chi connectivity index (χ0n) is 58.7. The highest BCUT2D eigenvalue weighted by molar-refractivity contribution is 7.91. The molecule has 0 radical (unpaired) electrons. The highest BCUT2D eigenvalue weighted by atomic mass is 32.2. The Morgan fingerprint density at radius 3 is 0.802 bits per heavy atom. The van der Waals surface area contributed by atoms with Crippen LogP contribution in [-0.2, 0) is 64.9 Å². The molecule has 0 atom stereocenters. The molecule has 0 unspecified atom stereocenters. The van der Waals surface area contributed by atoms with E-state index < -0.39 is 60.1 Å². The molecule has 0 bridgehead atoms. The van der Waals surface area contributed by atoms with Crippen molar-refractivity contribution in [1.29, 1.82) is 0 Å². The lowest BCUT2D eigenvalue weighted by Gasteiger charge is -2.36. The van der Waals surface area contributed by atoms with Crippen molar-refractivity contribution in [3.63, 3.8) is 0 Å². The second-order valence-corrected chi connectivity index (χ2v) is 40.9. The third-order valence-electron chi connectivity index (χ3n) is 15.4. The van der Waals surface area contributed by atoms with E-state index in [9.17, 15) is 55.3 Å². The van der Waals surface area contributed by atoms with Crippen LogP contribution in [0.3, 0.4) is 0 Å². The molecule has 5 aliphatic rings. The molecule has 520 valence electrons. The van der Waals surface area contributed by atoms with Gasteiger partial charge in [-0.2, -0.15) is 4.31 Å². The fourth-order valence-corrected chi connectivity index (χ4v) is 16.1. The number of likely N-dealkylation sites (tertiary alicyclic amines) is 1. The number of piperidine rings is 2. The van der Waals surface area contributed by atoms with E-state index in [0.29, 0.717) is 19.1 Å². The fourth-order valence-electron chi connectivity index (χ4n) is 8.49. The molecule has 0 N–H and O–H groups in total. The topological polar surface area (TPSA) is 251 Å². The summed E-state index contributed by atoms with van der Waals surface area (Å²) < 4.78 is 145. The Kier molecular flexibility index (Phi) is 42.9. The van der Waals surface area contributed by atoms with Crippen LogP contribution in [0.2, 0.25) is 0 Å². The largest absolute Gasteiger partial charge is 0.340 e. The highest BCUT2D eigenvalue weighted by Crippen LogP contribution is 2.20. The number of amides is 1. The summed E-state index contributed by atoms with van der Waals surface area (Å²) in [7, 11) is -13.2. The van der Waals surface area contributed by atoms with E-state index >= 15 is 0 Å². The number of carbonyl (C=O) groups is 1. The Labute approximate surface area is 530 Å². The monoisotopic (exact) mass is 1350 g/mol. The fraction of sp³-hybridized carbons (Fsp3) is 0.983. The standard InChI is InChI=1S/C9H18N2O.C8H17NO2S.C8H19NO2S.C8H17N.C7H15NO2S.C7H17NO2S.C6H13NO2S.C5H13NO2S/c1-8(2)10-4-6-11(7-5-10)9(3)12;1-8(2)12(10,11)9-6-4-3-5-7-9;1-7(2)12(10,11)9(6)8(3,4)5;1-8(2)9-6-4-3-5-7-9;1-7(2)11(9,10)8-5-3-4-6-8;1-5-8(6-2)11(9,10)7(3)4;1-6(2)10(8,9)7-4-3-5-7;1-5(2)9(7,8)6(3)4/h8H,4-7H2,1-3H3;8H,3-7H2,1-2H3;7H,1-6H3;8H,3-7H2,1-2H3;7H,3-6H2,1-2H3;7H,5-6H2,1-4H3;6H,3-5H2,1-2H3;5H,1-4H3. The Hall–Kier alpha value is -1.15. The number of sulfonamides is 6. The molecule has 28 heteroatoms. The van der Waals surface area contributed by atoms with E-state index in [1.807, 2.05) is 39.5 Å². The molecule has 5 aliphatic heterocycles. The molecule has 0 aromatic carbocycles. The van der Waals surface area contributed by atoms with Gasteiger partial charge in [0.05, 0.1) is 31.5 Å². The molecule has 5 heterocycles. The lowest BCUT2D eigenvalue weighted by Crippen LogP contribution is -2.50. The van der Waals surface area contributed by atoms with Gasteiger partial charge in [-0.25, -0.2) is 72.0 Å². The van der Waals surface area contributed by atoms with Gasteiger partial charge >= 0.3 is 0 Å². The first kappa shape index (κ1) is 89.0. The number of hydrogen-bond acceptors (Lipinski definition) is 15. The van der Waals surface area contributed by atoms with Gasteiger partial charge in [0.15, 0.2) is 0 Å². The molecule has 5 saturated heterocycles. The van der Waals surface area contributed by atoms with Crippen LogP contribution in [0.25, 0.3) is 0 Å². The van der Waals surface area contributed by atoms with Crippen LogP contribution in [0, 0.1) is 0 Å². The first-order chi connectivity index (χ1) is 39.0. The highest BCUT2D eigenvalue weighted by Gasteiger charge is 2.33. The SMILES string of the molecule is CC(=O)N1CCN(C(C)C)CC1.CC(C)N1CCCCC1.CC(C)S(=O)(=O)N(C)C.CC(C)S(=O)(=O)N(C)C(C)(C)C.CC(C)S(=O)(=O)N1CCC1.CC(C)S(=O)(=O)N1CCCC1.CC(C)S(=O)(=O)N1CCCCC1.CCN(CC)S(=O)(=O)C(C)C. The molecular formula is C58H129N9O13S6. The summed E-state index contributed by atoms with van der Waals surface area (Å²) >= 11 is 0. The van der Waals surface area contributed by atoms with Crippen molar-refractivity contribution in [1.82, 2.24) is 40.5 Å². The zero-order chi connectivity index (χ0) is 68.2. The normalized spacial score (nSPS) is 18.4. The number of rotatable bonds is 16. The first-order valence-electron chi connectivity index (χ1n) is 31.6. The predicted molar refractivity (Wildman–Crippen MR) is 360 cm³/mol. The summed E-state index contributed by atoms with van der Waals surface area (Å²) in [4.78, 5) is 17.9. The van der Waals surface area contributed by atoms with Crippen molar-refractivity contribution < 1.29 is 55.3 Å². The van der Waals surface area contributed by atoms with Crippen LogP contribution in [-0.4, -0.2) is 259 Å². The van der Waals surface area contributed by atoms with Crippen molar-refractivity contribution in [3.05, 3.63) is 0 Å². The smallest absolute Gasteiger partial charge is 0.219 e. The van der Waals surface area contributed by atoms with Crippen LogP contribution < -0.4 is 0 Å². The molecule has 22 nitrogen and oxygen atoms in total. The number of hydrogen-bond donors (Lipinski definition) is 0. The average Bonchev–Trinajstić information content (AvgIpc) is 4.11. The number of nitrogens with zero attached hydrogens (tertiary/aromatic N) is 9. The van der Waals surface area contributed by atoms with E-state index in [4.69, 9.17) is 0 Å². The summed E-state index contributed by atoms with van der Waals surface area (Å²) in [5.74, 6) is 0.207. The lowest BCUT2D eigenvalue weighted by molar-refractivity contribution is -0.130. The summed E-state index contributed by atoms with van der Waals surface area (Å²) in [6.07, 6.45) is 10.5. The van der Waals surface area contributed by atoms with Gasteiger partial charge in [-0.15, -0.1) is 0 Å². The minimum Gasteiger partial charge on any atom is -0.340 e. The van der Waals surface area contributed by atoms with Crippen molar-refractivity contribution in [3.8, 4) is 0 Å². The van der Waals surface area contributed by atoms with Crippen molar-refractivity contribution in [2.75, 3.05) is 113 Å². The zero-order valence-corrected chi connectivity index (χ0v) is 63.6. The van der Waals surface area contributed by atoms with Gasteiger partial charge in [-0.3, -0.25) is 9.69 Å². The molecule has 0 aliphatic carbocycles. The summed E-state index contributed by atoms with van der Waals surface area (Å²) in [5.41, 5.74) is -0.330. The van der Waals surface area contributed by atoms with Crippen LogP contribution in [0.5, 0.6) is 0 Å². The van der Waals surface area contributed by atoms with Gasteiger partial charge in [0.25, 0.3) is 0 Å². The summed E-state index contributed by atoms with van der Waals surface area (Å²) in [6.45, 7) is 52.4. The molecule has 1 amide bonds. The number of carbonyl (C=O) groups excluding carboxylic acids is 1. The molecule has 0 spiro atoms. The van der Waals surface area contributed by atoms with E-state index in [1.54, 1.807) is 106 Å². The van der Waals surface area contributed by atoms with Crippen LogP contribution >= 0.6 is 0 Å². The Balaban J connectivity index is -0.000000917. The Morgan fingerprint density at radius 1 is 0.372 bits per heavy atom. The van der Waals surface area contributed by atoms with Crippen LogP contribution in [0.1, 0.15) is 210 Å². The second-order valence-electron chi connectivity index (χ2n) is 25.7. The third kappa shape index (κ3) is 31.9. The predicted octanol–water partition coefficient (Wildman–Crippen LogP) is 7.71. The van der Waals surface area contributed by atoms with Crippen molar-refractivity contribution in [2.24, 2.45) is 0 Å². The Bertz CT molecular complexity index is 2470. The summed E-state index contributed by atoms with van der Waals surface area (Å²) in [6, 6.07) is 1.38. The van der Waals surface area contributed by atoms with Crippen molar-refractivity contribution >= 4 is 66.0 Å². The van der Waals surface area contributed by atoms with Gasteiger partial charge in [0.2, 0.25) is 66.0 Å². The minimum atomic E-state index is -3.10. The first-order valence-corrected chi connectivity index (χ1v) is 40.6. The molecule has 5 rings (SSSR count). The second kappa shape index (κ2) is 41.4. The average molecular weight is 1350 g/mol. The molecule has 5 fully saturated rings. The number of piperazine rings is 1. The van der Waals surface area contributed by atoms with Crippen molar-refractivity contribution in [2.45, 2.75) is 259 Å². The van der Waals surface area contributed by atoms with Gasteiger partial charge in [0, 0.05) is 124 Å². The van der Waals surface area contributed by atoms with Gasteiger partial charge in [-0.1, -0.05) is 26.7 Å². The molecule has 86 heavy (non-hydrogen) atoms. The maximum atomic E-state index is 11.6. The quantitative estimate of drug-likeness (QED) is 0.143. The van der Waals surface area contributed by atoms with Crippen LogP contribution in [0.15, 0.2) is 0 Å². The summed E-state index contributed by atoms with van der Waals surface area (Å²) in [5, 5.41) is -1.75.